The van der Waals surface area contributed by atoms with Crippen LogP contribution in [0.4, 0.5) is 21.9 Å². The van der Waals surface area contributed by atoms with E-state index in [1.54, 1.807) is 106 Å². The van der Waals surface area contributed by atoms with Crippen molar-refractivity contribution in [1.82, 2.24) is 5.32 Å². The van der Waals surface area contributed by atoms with Crippen molar-refractivity contribution in [1.29, 1.82) is 0 Å². The number of hydrogen-bond acceptors (Lipinski definition) is 8. The van der Waals surface area contributed by atoms with Crippen molar-refractivity contribution in [2.24, 2.45) is 0 Å². The molecule has 0 bridgehead atoms. The molecule has 0 fully saturated rings. The van der Waals surface area contributed by atoms with Gasteiger partial charge in [0.05, 0.1) is 10.6 Å². The van der Waals surface area contributed by atoms with Crippen LogP contribution in [0, 0.1) is 10.1 Å². The zero-order valence-corrected chi connectivity index (χ0v) is 27.9. The lowest BCUT2D eigenvalue weighted by Gasteiger charge is -2.24. The SMILES string of the molecule is CC(C)(C)OC(=O)N[C@H](C(=O)Nc1ccc(NC(=O)/C=C/c2ccc(-c3ccc([N+](=O)[O-])cc3)o2)cc1C(=O)c1ccccc1)c1ccccc1. The third-order valence-corrected chi connectivity index (χ3v) is 7.27. The Morgan fingerprint density at radius 3 is 2.14 bits per heavy atom. The molecule has 0 saturated carbocycles. The number of carbonyl (C=O) groups excluding carboxylic acids is 4. The number of nitrogens with one attached hydrogen (secondary N) is 3. The number of nitro groups is 1. The number of benzene rings is 4. The Bertz CT molecular complexity index is 2080. The number of amides is 3. The van der Waals surface area contributed by atoms with Crippen molar-refractivity contribution < 1.29 is 33.3 Å². The predicted octanol–water partition coefficient (Wildman–Crippen LogP) is 7.94. The molecule has 0 saturated heterocycles. The standard InChI is InChI=1S/C39H34N4O8/c1-39(2,3)51-38(47)42-35(26-10-6-4-7-11-26)37(46)41-32-21-16-28(24-31(32)36(45)27-12-8-5-9-13-27)40-34(44)23-20-30-19-22-33(50-30)25-14-17-29(18-15-25)43(48)49/h4-24,35H,1-3H3,(H,40,44)(H,41,46)(H,42,47)/b23-20+/t35-/m0/s1. The Morgan fingerprint density at radius 2 is 1.49 bits per heavy atom. The van der Waals surface area contributed by atoms with E-state index < -0.39 is 40.3 Å². The second kappa shape index (κ2) is 15.6. The first-order chi connectivity index (χ1) is 24.4. The highest BCUT2D eigenvalue weighted by atomic mass is 16.6. The summed E-state index contributed by atoms with van der Waals surface area (Å²) in [7, 11) is 0. The third-order valence-electron chi connectivity index (χ3n) is 7.27. The summed E-state index contributed by atoms with van der Waals surface area (Å²) in [6.07, 6.45) is 1.91. The monoisotopic (exact) mass is 686 g/mol. The van der Waals surface area contributed by atoms with Gasteiger partial charge in [0.15, 0.2) is 5.78 Å². The summed E-state index contributed by atoms with van der Waals surface area (Å²) in [4.78, 5) is 63.5. The molecule has 0 spiro atoms. The number of nitrogens with zero attached hydrogens (tertiary/aromatic N) is 1. The molecule has 0 aliphatic carbocycles. The zero-order chi connectivity index (χ0) is 36.5. The molecule has 0 unspecified atom stereocenters. The molecule has 0 aliphatic heterocycles. The van der Waals surface area contributed by atoms with Crippen LogP contribution in [-0.4, -0.2) is 34.2 Å². The first-order valence-corrected chi connectivity index (χ1v) is 15.8. The van der Waals surface area contributed by atoms with Crippen LogP contribution in [0.1, 0.15) is 54.1 Å². The van der Waals surface area contributed by atoms with Crippen molar-refractivity contribution in [3.63, 3.8) is 0 Å². The van der Waals surface area contributed by atoms with Crippen LogP contribution in [0.25, 0.3) is 17.4 Å². The molecule has 5 rings (SSSR count). The van der Waals surface area contributed by atoms with E-state index in [-0.39, 0.29) is 22.6 Å². The molecule has 258 valence electrons. The molecule has 5 aromatic rings. The Hall–Kier alpha value is -6.82. The van der Waals surface area contributed by atoms with E-state index in [0.29, 0.717) is 28.2 Å². The molecule has 0 radical (unpaired) electrons. The average molecular weight is 687 g/mol. The number of furan rings is 1. The maximum atomic E-state index is 13.7. The zero-order valence-electron chi connectivity index (χ0n) is 27.9. The van der Waals surface area contributed by atoms with Crippen LogP contribution in [0.2, 0.25) is 0 Å². The fourth-order valence-corrected chi connectivity index (χ4v) is 4.93. The molecule has 51 heavy (non-hydrogen) atoms. The summed E-state index contributed by atoms with van der Waals surface area (Å²) in [5, 5.41) is 19.1. The van der Waals surface area contributed by atoms with E-state index in [2.05, 4.69) is 16.0 Å². The van der Waals surface area contributed by atoms with Gasteiger partial charge in [0, 0.05) is 40.6 Å². The average Bonchev–Trinajstić information content (AvgIpc) is 3.59. The van der Waals surface area contributed by atoms with Crippen LogP contribution in [-0.2, 0) is 14.3 Å². The molecule has 4 aromatic carbocycles. The van der Waals surface area contributed by atoms with Gasteiger partial charge in [-0.3, -0.25) is 24.5 Å². The second-order valence-corrected chi connectivity index (χ2v) is 12.3. The number of non-ortho nitro benzene ring substituents is 1. The highest BCUT2D eigenvalue weighted by Crippen LogP contribution is 2.27. The largest absolute Gasteiger partial charge is 0.457 e. The summed E-state index contributed by atoms with van der Waals surface area (Å²) in [6.45, 7) is 5.12. The molecule has 1 heterocycles. The topological polar surface area (TPSA) is 170 Å². The van der Waals surface area contributed by atoms with Gasteiger partial charge in [0.2, 0.25) is 5.91 Å². The molecular formula is C39H34N4O8. The fraction of sp³-hybridized carbons (Fsp3) is 0.128. The van der Waals surface area contributed by atoms with Crippen molar-refractivity contribution in [3.05, 3.63) is 154 Å². The van der Waals surface area contributed by atoms with Crippen LogP contribution >= 0.6 is 0 Å². The van der Waals surface area contributed by atoms with Gasteiger partial charge in [0.1, 0.15) is 23.2 Å². The maximum Gasteiger partial charge on any atom is 0.408 e. The van der Waals surface area contributed by atoms with Gasteiger partial charge in [-0.05, 0) is 74.9 Å². The van der Waals surface area contributed by atoms with E-state index >= 15 is 0 Å². The molecule has 0 aliphatic rings. The van der Waals surface area contributed by atoms with E-state index in [4.69, 9.17) is 9.15 Å². The first kappa shape index (κ1) is 35.5. The van der Waals surface area contributed by atoms with Gasteiger partial charge < -0.3 is 25.1 Å². The third kappa shape index (κ3) is 9.63. The highest BCUT2D eigenvalue weighted by molar-refractivity contribution is 6.15. The lowest BCUT2D eigenvalue weighted by Crippen LogP contribution is -2.40. The number of carbonyl (C=O) groups is 4. The van der Waals surface area contributed by atoms with Crippen molar-refractivity contribution >= 4 is 46.8 Å². The quantitative estimate of drug-likeness (QED) is 0.0544. The van der Waals surface area contributed by atoms with E-state index in [9.17, 15) is 29.3 Å². The Balaban J connectivity index is 1.36. The van der Waals surface area contributed by atoms with E-state index in [1.807, 2.05) is 0 Å². The summed E-state index contributed by atoms with van der Waals surface area (Å²) < 4.78 is 11.2. The fourth-order valence-electron chi connectivity index (χ4n) is 4.93. The van der Waals surface area contributed by atoms with Crippen molar-refractivity contribution in [3.8, 4) is 11.3 Å². The number of alkyl carbamates (subject to hydrolysis) is 1. The number of rotatable bonds is 11. The normalized spacial score (nSPS) is 11.7. The maximum absolute atomic E-state index is 13.7. The molecular weight excluding hydrogens is 652 g/mol. The minimum absolute atomic E-state index is 0.0438. The van der Waals surface area contributed by atoms with Crippen LogP contribution < -0.4 is 16.0 Å². The van der Waals surface area contributed by atoms with Crippen LogP contribution in [0.3, 0.4) is 0 Å². The molecule has 1 atom stereocenters. The molecule has 3 amide bonds. The van der Waals surface area contributed by atoms with Gasteiger partial charge in [-0.15, -0.1) is 0 Å². The first-order valence-electron chi connectivity index (χ1n) is 15.8. The molecule has 12 heteroatoms. The minimum atomic E-state index is -1.16. The molecule has 3 N–H and O–H groups in total. The minimum Gasteiger partial charge on any atom is -0.457 e. The van der Waals surface area contributed by atoms with Crippen LogP contribution in [0.5, 0.6) is 0 Å². The van der Waals surface area contributed by atoms with E-state index in [0.717, 1.165) is 0 Å². The summed E-state index contributed by atoms with van der Waals surface area (Å²) in [5.41, 5.74) is 1.15. The Labute approximate surface area is 293 Å². The summed E-state index contributed by atoms with van der Waals surface area (Å²) in [5.74, 6) is -0.737. The van der Waals surface area contributed by atoms with Gasteiger partial charge >= 0.3 is 6.09 Å². The number of anilines is 2. The number of nitro benzene ring substituents is 1. The number of ketones is 1. The lowest BCUT2D eigenvalue weighted by atomic mass is 10.00. The van der Waals surface area contributed by atoms with E-state index in [1.165, 1.54) is 42.5 Å². The van der Waals surface area contributed by atoms with Crippen LogP contribution in [0.15, 0.2) is 126 Å². The Kier molecular flexibility index (Phi) is 10.9. The second-order valence-electron chi connectivity index (χ2n) is 12.3. The van der Waals surface area contributed by atoms with Gasteiger partial charge in [-0.25, -0.2) is 4.79 Å². The van der Waals surface area contributed by atoms with Gasteiger partial charge in [0.25, 0.3) is 11.6 Å². The van der Waals surface area contributed by atoms with Gasteiger partial charge in [-0.2, -0.15) is 0 Å². The van der Waals surface area contributed by atoms with Gasteiger partial charge in [-0.1, -0.05) is 60.7 Å². The smallest absolute Gasteiger partial charge is 0.408 e. The summed E-state index contributed by atoms with van der Waals surface area (Å²) >= 11 is 0. The summed E-state index contributed by atoms with van der Waals surface area (Å²) in [6, 6.07) is 29.6. The molecule has 1 aromatic heterocycles. The predicted molar refractivity (Wildman–Crippen MR) is 192 cm³/mol. The number of ether oxygens (including phenoxy) is 1. The van der Waals surface area contributed by atoms with Crippen molar-refractivity contribution in [2.45, 2.75) is 32.4 Å². The highest BCUT2D eigenvalue weighted by Gasteiger charge is 2.27. The Morgan fingerprint density at radius 1 is 0.824 bits per heavy atom. The van der Waals surface area contributed by atoms with Crippen molar-refractivity contribution in [2.75, 3.05) is 10.6 Å². The number of hydrogen-bond donors (Lipinski definition) is 3. The lowest BCUT2D eigenvalue weighted by molar-refractivity contribution is -0.384. The molecule has 12 nitrogen and oxygen atoms in total.